The minimum Gasteiger partial charge on any atom is -0.314 e. The van der Waals surface area contributed by atoms with Crippen molar-refractivity contribution in [3.63, 3.8) is 0 Å². The third-order valence-electron chi connectivity index (χ3n) is 3.50. The number of hydrogen-bond acceptors (Lipinski definition) is 3. The van der Waals surface area contributed by atoms with E-state index in [2.05, 4.69) is 38.3 Å². The molecule has 0 amide bonds. The first kappa shape index (κ1) is 11.9. The van der Waals surface area contributed by atoms with Crippen molar-refractivity contribution in [2.75, 3.05) is 6.54 Å². The highest BCUT2D eigenvalue weighted by Gasteiger charge is 2.23. The summed E-state index contributed by atoms with van der Waals surface area (Å²) < 4.78 is 2.58. The van der Waals surface area contributed by atoms with Crippen LogP contribution in [0.2, 0.25) is 0 Å². The second kappa shape index (κ2) is 4.51. The second-order valence-electron chi connectivity index (χ2n) is 4.90. The molecule has 18 heavy (non-hydrogen) atoms. The van der Waals surface area contributed by atoms with E-state index in [1.807, 2.05) is 10.6 Å². The number of nitrogens with one attached hydrogen (secondary N) is 2. The number of hydrogen-bond donors (Lipinski definition) is 2. The Morgan fingerprint density at radius 3 is 3.11 bits per heavy atom. The highest BCUT2D eigenvalue weighted by molar-refractivity contribution is 9.10. The molecule has 1 aliphatic heterocycles. The molecule has 96 valence electrons. The minimum atomic E-state index is -0.0592. The maximum Gasteiger partial charge on any atom is 0.251 e. The van der Waals surface area contributed by atoms with E-state index in [9.17, 15) is 4.79 Å². The molecule has 1 unspecified atom stereocenters. The van der Waals surface area contributed by atoms with Crippen molar-refractivity contribution in [1.82, 2.24) is 19.9 Å². The summed E-state index contributed by atoms with van der Waals surface area (Å²) in [6, 6.07) is 3.99. The van der Waals surface area contributed by atoms with Gasteiger partial charge in [0.05, 0.1) is 5.69 Å². The van der Waals surface area contributed by atoms with E-state index in [-0.39, 0.29) is 5.56 Å². The molecule has 2 aromatic rings. The van der Waals surface area contributed by atoms with Crippen molar-refractivity contribution in [3.05, 3.63) is 32.8 Å². The smallest absolute Gasteiger partial charge is 0.251 e. The summed E-state index contributed by atoms with van der Waals surface area (Å²) >= 11 is 3.35. The molecule has 0 spiro atoms. The van der Waals surface area contributed by atoms with Gasteiger partial charge in [0.2, 0.25) is 0 Å². The molecule has 3 rings (SSSR count). The largest absolute Gasteiger partial charge is 0.314 e. The Morgan fingerprint density at radius 1 is 1.50 bits per heavy atom. The fourth-order valence-corrected chi connectivity index (χ4v) is 3.06. The lowest BCUT2D eigenvalue weighted by atomic mass is 9.90. The summed E-state index contributed by atoms with van der Waals surface area (Å²) in [7, 11) is 0. The predicted octanol–water partition coefficient (Wildman–Crippen LogP) is 1.64. The van der Waals surface area contributed by atoms with Gasteiger partial charge < -0.3 is 10.3 Å². The maximum absolute atomic E-state index is 11.7. The van der Waals surface area contributed by atoms with Gasteiger partial charge in [0, 0.05) is 24.1 Å². The molecule has 5 nitrogen and oxygen atoms in total. The van der Waals surface area contributed by atoms with Crippen LogP contribution in [-0.2, 0) is 0 Å². The molecule has 3 heterocycles. The Bertz CT molecular complexity index is 633. The van der Waals surface area contributed by atoms with Crippen molar-refractivity contribution >= 4 is 21.6 Å². The average molecular weight is 311 g/mol. The van der Waals surface area contributed by atoms with Crippen LogP contribution in [0.15, 0.2) is 21.5 Å². The van der Waals surface area contributed by atoms with Gasteiger partial charge in [-0.3, -0.25) is 4.79 Å². The third kappa shape index (κ3) is 2.10. The number of aromatic nitrogens is 3. The molecular formula is C12H15BrN4O. The summed E-state index contributed by atoms with van der Waals surface area (Å²) in [6.07, 6.45) is 2.08. The van der Waals surface area contributed by atoms with Gasteiger partial charge >= 0.3 is 0 Å². The average Bonchev–Trinajstić information content (AvgIpc) is 2.68. The molecular weight excluding hydrogens is 296 g/mol. The second-order valence-corrected chi connectivity index (χ2v) is 5.71. The van der Waals surface area contributed by atoms with E-state index in [1.54, 1.807) is 6.07 Å². The quantitative estimate of drug-likeness (QED) is 0.842. The van der Waals surface area contributed by atoms with Crippen LogP contribution < -0.4 is 10.9 Å². The van der Waals surface area contributed by atoms with E-state index < -0.39 is 0 Å². The van der Waals surface area contributed by atoms with Gasteiger partial charge in [-0.15, -0.1) is 0 Å². The van der Waals surface area contributed by atoms with Crippen molar-refractivity contribution in [1.29, 1.82) is 0 Å². The standard InChI is InChI=1S/C12H15BrN4O/c1-7-4-8(2-3-14-7)9-5-12(18)15-11-6-10(13)16-17(9)11/h5-8,14H,2-4H2,1H3,(H,15,18)/t7-,8?/m1/s1. The molecule has 6 heteroatoms. The van der Waals surface area contributed by atoms with Crippen molar-refractivity contribution in [2.24, 2.45) is 0 Å². The summed E-state index contributed by atoms with van der Waals surface area (Å²) in [5.41, 5.74) is 1.69. The van der Waals surface area contributed by atoms with Gasteiger partial charge in [0.1, 0.15) is 10.3 Å². The fraction of sp³-hybridized carbons (Fsp3) is 0.500. The van der Waals surface area contributed by atoms with Gasteiger partial charge in [-0.1, -0.05) is 0 Å². The number of nitrogens with zero attached hydrogens (tertiary/aromatic N) is 2. The Labute approximate surface area is 113 Å². The normalized spacial score (nSPS) is 24.6. The molecule has 1 fully saturated rings. The molecule has 2 atom stereocenters. The zero-order valence-corrected chi connectivity index (χ0v) is 11.7. The lowest BCUT2D eigenvalue weighted by Crippen LogP contribution is -2.35. The Kier molecular flexibility index (Phi) is 2.99. The first-order valence-electron chi connectivity index (χ1n) is 6.15. The first-order chi connectivity index (χ1) is 8.63. The summed E-state index contributed by atoms with van der Waals surface area (Å²) in [5, 5.41) is 7.82. The van der Waals surface area contributed by atoms with E-state index in [4.69, 9.17) is 0 Å². The van der Waals surface area contributed by atoms with Crippen LogP contribution >= 0.6 is 15.9 Å². The Hall–Kier alpha value is -1.14. The zero-order chi connectivity index (χ0) is 12.7. The van der Waals surface area contributed by atoms with Crippen LogP contribution in [0.5, 0.6) is 0 Å². The Balaban J connectivity index is 2.12. The zero-order valence-electron chi connectivity index (χ0n) is 10.1. The topological polar surface area (TPSA) is 62.2 Å². The molecule has 0 bridgehead atoms. The van der Waals surface area contributed by atoms with Crippen molar-refractivity contribution < 1.29 is 0 Å². The van der Waals surface area contributed by atoms with E-state index >= 15 is 0 Å². The highest BCUT2D eigenvalue weighted by atomic mass is 79.9. The summed E-state index contributed by atoms with van der Waals surface area (Å²) in [5.74, 6) is 0.387. The molecule has 1 saturated heterocycles. The van der Waals surface area contributed by atoms with Gasteiger partial charge in [0.25, 0.3) is 5.56 Å². The molecule has 0 radical (unpaired) electrons. The Morgan fingerprint density at radius 2 is 2.33 bits per heavy atom. The number of piperidine rings is 1. The highest BCUT2D eigenvalue weighted by Crippen LogP contribution is 2.27. The summed E-state index contributed by atoms with van der Waals surface area (Å²) in [6.45, 7) is 3.16. The minimum absolute atomic E-state index is 0.0592. The van der Waals surface area contributed by atoms with Crippen LogP contribution in [-0.4, -0.2) is 27.2 Å². The van der Waals surface area contributed by atoms with Crippen LogP contribution in [0.3, 0.4) is 0 Å². The van der Waals surface area contributed by atoms with Crippen LogP contribution in [0.4, 0.5) is 0 Å². The van der Waals surface area contributed by atoms with E-state index in [0.29, 0.717) is 12.0 Å². The third-order valence-corrected chi connectivity index (χ3v) is 3.88. The number of halogens is 1. The lowest BCUT2D eigenvalue weighted by Gasteiger charge is -2.28. The van der Waals surface area contributed by atoms with Gasteiger partial charge in [0.15, 0.2) is 0 Å². The molecule has 0 aromatic carbocycles. The molecule has 2 N–H and O–H groups in total. The van der Waals surface area contributed by atoms with Crippen molar-refractivity contribution in [3.8, 4) is 0 Å². The van der Waals surface area contributed by atoms with E-state index in [0.717, 1.165) is 35.3 Å². The predicted molar refractivity (Wildman–Crippen MR) is 73.0 cm³/mol. The number of H-pyrrole nitrogens is 1. The first-order valence-corrected chi connectivity index (χ1v) is 6.94. The fourth-order valence-electron chi connectivity index (χ4n) is 2.69. The maximum atomic E-state index is 11.7. The molecule has 0 aliphatic carbocycles. The van der Waals surface area contributed by atoms with Crippen LogP contribution in [0, 0.1) is 0 Å². The van der Waals surface area contributed by atoms with Gasteiger partial charge in [-0.25, -0.2) is 4.52 Å². The van der Waals surface area contributed by atoms with Gasteiger partial charge in [-0.2, -0.15) is 5.10 Å². The van der Waals surface area contributed by atoms with Crippen molar-refractivity contribution in [2.45, 2.75) is 31.7 Å². The summed E-state index contributed by atoms with van der Waals surface area (Å²) in [4.78, 5) is 14.5. The van der Waals surface area contributed by atoms with Gasteiger partial charge in [-0.05, 0) is 42.2 Å². The number of rotatable bonds is 1. The SMILES string of the molecule is C[C@@H]1CC(c2cc(=O)[nH]c3cc(Br)nn23)CCN1. The molecule has 0 saturated carbocycles. The lowest BCUT2D eigenvalue weighted by molar-refractivity contribution is 0.372. The number of fused-ring (bicyclic) bond motifs is 1. The monoisotopic (exact) mass is 310 g/mol. The van der Waals surface area contributed by atoms with Crippen LogP contribution in [0.1, 0.15) is 31.4 Å². The number of aromatic amines is 1. The molecule has 2 aromatic heterocycles. The van der Waals surface area contributed by atoms with E-state index in [1.165, 1.54) is 0 Å². The molecule has 1 aliphatic rings. The van der Waals surface area contributed by atoms with Crippen LogP contribution in [0.25, 0.3) is 5.65 Å².